The molecule has 0 saturated heterocycles. The zero-order valence-corrected chi connectivity index (χ0v) is 13.7. The summed E-state index contributed by atoms with van der Waals surface area (Å²) in [6.45, 7) is 17.2. The van der Waals surface area contributed by atoms with Crippen molar-refractivity contribution in [2.75, 3.05) is 0 Å². The fourth-order valence-corrected chi connectivity index (χ4v) is 2.69. The van der Waals surface area contributed by atoms with Gasteiger partial charge >= 0.3 is 0 Å². The molecule has 2 heteroatoms. The van der Waals surface area contributed by atoms with E-state index in [9.17, 15) is 4.79 Å². The Labute approximate surface area is 117 Å². The van der Waals surface area contributed by atoms with E-state index < -0.39 is 0 Å². The highest BCUT2D eigenvalue weighted by molar-refractivity contribution is 5.33. The van der Waals surface area contributed by atoms with Gasteiger partial charge in [-0.25, -0.2) is 0 Å². The van der Waals surface area contributed by atoms with Crippen molar-refractivity contribution >= 4 is 0 Å². The molecule has 0 aliphatic carbocycles. The van der Waals surface area contributed by atoms with Crippen molar-refractivity contribution in [2.24, 2.45) is 0 Å². The lowest BCUT2D eigenvalue weighted by atomic mass is 9.90. The predicted octanol–water partition coefficient (Wildman–Crippen LogP) is 4.80. The Balaban J connectivity index is 3.79. The Morgan fingerprint density at radius 1 is 0.789 bits per heavy atom. The molecule has 1 aromatic heterocycles. The van der Waals surface area contributed by atoms with E-state index in [1.54, 1.807) is 0 Å². The van der Waals surface area contributed by atoms with Gasteiger partial charge in [0.05, 0.1) is 0 Å². The van der Waals surface area contributed by atoms with Gasteiger partial charge in [0.25, 0.3) is 5.56 Å². The van der Waals surface area contributed by atoms with Gasteiger partial charge < -0.3 is 4.57 Å². The highest BCUT2D eigenvalue weighted by atomic mass is 16.1. The molecule has 0 aliphatic rings. The average molecular weight is 263 g/mol. The largest absolute Gasteiger partial charge is 0.309 e. The zero-order chi connectivity index (χ0) is 14.9. The minimum absolute atomic E-state index is 0.193. The first kappa shape index (κ1) is 16.0. The molecule has 0 N–H and O–H groups in total. The van der Waals surface area contributed by atoms with Crippen molar-refractivity contribution in [3.05, 3.63) is 33.2 Å². The summed E-state index contributed by atoms with van der Waals surface area (Å²) < 4.78 is 2.01. The van der Waals surface area contributed by atoms with Gasteiger partial charge in [0.2, 0.25) is 0 Å². The summed E-state index contributed by atoms with van der Waals surface area (Å²) in [5.74, 6) is 1.09. The average Bonchev–Trinajstić information content (AvgIpc) is 2.26. The van der Waals surface area contributed by atoms with Crippen LogP contribution in [0.4, 0.5) is 0 Å². The first-order valence-corrected chi connectivity index (χ1v) is 7.47. The second kappa shape index (κ2) is 5.94. The second-order valence-electron chi connectivity index (χ2n) is 6.67. The summed E-state index contributed by atoms with van der Waals surface area (Å²) in [6, 6.07) is 2.35. The molecule has 1 rings (SSSR count). The number of pyridine rings is 1. The van der Waals surface area contributed by atoms with Gasteiger partial charge in [-0.3, -0.25) is 4.79 Å². The Morgan fingerprint density at radius 3 is 1.58 bits per heavy atom. The summed E-state index contributed by atoms with van der Waals surface area (Å²) >= 11 is 0. The maximum Gasteiger partial charge on any atom is 0.254 e. The maximum atomic E-state index is 12.7. The van der Waals surface area contributed by atoms with Crippen LogP contribution in [-0.4, -0.2) is 4.57 Å². The van der Waals surface area contributed by atoms with Crippen molar-refractivity contribution in [2.45, 2.75) is 79.2 Å². The van der Waals surface area contributed by atoms with Crippen LogP contribution in [0.3, 0.4) is 0 Å². The summed E-state index contributed by atoms with van der Waals surface area (Å²) in [6.07, 6.45) is 0. The van der Waals surface area contributed by atoms with Gasteiger partial charge in [-0.1, -0.05) is 41.5 Å². The van der Waals surface area contributed by atoms with Crippen molar-refractivity contribution in [3.8, 4) is 0 Å². The normalized spacial score (nSPS) is 12.2. The minimum atomic E-state index is 0.193. The second-order valence-corrected chi connectivity index (χ2v) is 6.67. The van der Waals surface area contributed by atoms with E-state index in [0.717, 1.165) is 5.56 Å². The van der Waals surface area contributed by atoms with E-state index in [2.05, 4.69) is 61.5 Å². The van der Waals surface area contributed by atoms with E-state index in [1.807, 2.05) is 4.57 Å². The highest BCUT2D eigenvalue weighted by Gasteiger charge is 2.21. The van der Waals surface area contributed by atoms with Crippen LogP contribution in [0.25, 0.3) is 0 Å². The Bertz CT molecular complexity index is 493. The Hall–Kier alpha value is -1.05. The number of aromatic nitrogens is 1. The Morgan fingerprint density at radius 2 is 1.26 bits per heavy atom. The van der Waals surface area contributed by atoms with E-state index >= 15 is 0 Å². The molecule has 0 atom stereocenters. The lowest BCUT2D eigenvalue weighted by Gasteiger charge is -2.26. The van der Waals surface area contributed by atoms with Crippen LogP contribution in [0.2, 0.25) is 0 Å². The molecule has 0 aromatic carbocycles. The molecule has 108 valence electrons. The molecule has 0 amide bonds. The van der Waals surface area contributed by atoms with Crippen LogP contribution < -0.4 is 5.56 Å². The standard InChI is InChI=1S/C17H29NO/c1-10(2)14-9-15(11(3)4)17(19)18(13(7)8)16(14)12(5)6/h9-13H,1-8H3. The van der Waals surface area contributed by atoms with E-state index in [1.165, 1.54) is 11.3 Å². The minimum Gasteiger partial charge on any atom is -0.309 e. The predicted molar refractivity (Wildman–Crippen MR) is 83.4 cm³/mol. The van der Waals surface area contributed by atoms with Gasteiger partial charge in [0.15, 0.2) is 0 Å². The van der Waals surface area contributed by atoms with Crippen LogP contribution in [0.5, 0.6) is 0 Å². The zero-order valence-electron chi connectivity index (χ0n) is 13.7. The van der Waals surface area contributed by atoms with Crippen molar-refractivity contribution in [3.63, 3.8) is 0 Å². The van der Waals surface area contributed by atoms with Gasteiger partial charge in [0.1, 0.15) is 0 Å². The number of rotatable bonds is 4. The van der Waals surface area contributed by atoms with Crippen LogP contribution in [0.1, 0.15) is 96.0 Å². The molecule has 0 unspecified atom stereocenters. The molecule has 2 nitrogen and oxygen atoms in total. The maximum absolute atomic E-state index is 12.7. The molecule has 0 aliphatic heterocycles. The first-order chi connectivity index (χ1) is 8.68. The van der Waals surface area contributed by atoms with Crippen molar-refractivity contribution < 1.29 is 0 Å². The van der Waals surface area contributed by atoms with Crippen LogP contribution in [0, 0.1) is 0 Å². The van der Waals surface area contributed by atoms with Crippen LogP contribution in [0.15, 0.2) is 10.9 Å². The molecule has 0 fully saturated rings. The third-order valence-corrected chi connectivity index (χ3v) is 3.64. The number of nitrogens with zero attached hydrogens (tertiary/aromatic N) is 1. The van der Waals surface area contributed by atoms with Gasteiger partial charge in [0, 0.05) is 17.3 Å². The number of hydrogen-bond acceptors (Lipinski definition) is 1. The SMILES string of the molecule is CC(C)c1cc(C(C)C)c(=O)n(C(C)C)c1C(C)C. The fourth-order valence-electron chi connectivity index (χ4n) is 2.69. The fraction of sp³-hybridized carbons (Fsp3) is 0.706. The summed E-state index contributed by atoms with van der Waals surface area (Å²) in [4.78, 5) is 12.7. The Kier molecular flexibility index (Phi) is 5.00. The van der Waals surface area contributed by atoms with E-state index in [0.29, 0.717) is 11.8 Å². The van der Waals surface area contributed by atoms with Crippen molar-refractivity contribution in [1.29, 1.82) is 0 Å². The molecular weight excluding hydrogens is 234 g/mol. The summed E-state index contributed by atoms with van der Waals surface area (Å²) in [5.41, 5.74) is 3.67. The molecule has 0 bridgehead atoms. The molecule has 0 spiro atoms. The van der Waals surface area contributed by atoms with Gasteiger partial charge in [-0.2, -0.15) is 0 Å². The third kappa shape index (κ3) is 3.10. The van der Waals surface area contributed by atoms with Gasteiger partial charge in [-0.15, -0.1) is 0 Å². The van der Waals surface area contributed by atoms with Crippen LogP contribution in [-0.2, 0) is 0 Å². The molecule has 1 heterocycles. The topological polar surface area (TPSA) is 22.0 Å². The lowest BCUT2D eigenvalue weighted by molar-refractivity contribution is 0.517. The monoisotopic (exact) mass is 263 g/mol. The summed E-state index contributed by atoms with van der Waals surface area (Å²) in [7, 11) is 0. The van der Waals surface area contributed by atoms with E-state index in [4.69, 9.17) is 0 Å². The smallest absolute Gasteiger partial charge is 0.254 e. The lowest BCUT2D eigenvalue weighted by Crippen LogP contribution is -2.31. The van der Waals surface area contributed by atoms with Crippen LogP contribution >= 0.6 is 0 Å². The molecule has 0 radical (unpaired) electrons. The van der Waals surface area contributed by atoms with Gasteiger partial charge in [-0.05, 0) is 43.2 Å². The first-order valence-electron chi connectivity index (χ1n) is 7.47. The van der Waals surface area contributed by atoms with Crippen molar-refractivity contribution in [1.82, 2.24) is 4.57 Å². The number of hydrogen-bond donors (Lipinski definition) is 0. The highest BCUT2D eigenvalue weighted by Crippen LogP contribution is 2.29. The van der Waals surface area contributed by atoms with E-state index in [-0.39, 0.29) is 17.5 Å². The summed E-state index contributed by atoms with van der Waals surface area (Å²) in [5, 5.41) is 0. The molecule has 1 aromatic rings. The molecule has 19 heavy (non-hydrogen) atoms. The molecule has 0 saturated carbocycles. The third-order valence-electron chi connectivity index (χ3n) is 3.64. The molecular formula is C17H29NO. The quantitative estimate of drug-likeness (QED) is 0.765.